The molecular formula is C12H11FN2O2. The lowest BCUT2D eigenvalue weighted by Crippen LogP contribution is -2.01. The number of carbonyl (C=O) groups is 1. The Bertz CT molecular complexity index is 590. The quantitative estimate of drug-likeness (QED) is 0.866. The molecule has 0 spiro atoms. The third kappa shape index (κ3) is 1.80. The lowest BCUT2D eigenvalue weighted by Gasteiger charge is -2.03. The zero-order chi connectivity index (χ0) is 12.6. The topological polar surface area (TPSA) is 55.1 Å². The Labute approximate surface area is 97.3 Å². The number of aryl methyl sites for hydroxylation is 1. The van der Waals surface area contributed by atoms with E-state index in [4.69, 9.17) is 5.11 Å². The first-order valence-electron chi connectivity index (χ1n) is 5.04. The van der Waals surface area contributed by atoms with E-state index in [1.54, 1.807) is 32.2 Å². The normalized spacial score (nSPS) is 10.5. The van der Waals surface area contributed by atoms with E-state index in [1.165, 1.54) is 10.7 Å². The summed E-state index contributed by atoms with van der Waals surface area (Å²) in [6, 6.07) is 6.07. The standard InChI is InChI=1S/C12H11FN2O2/c1-7-10(8-5-3-4-6-9(8)13)11(12(16)17)14-15(7)2/h3-6H,1-2H3,(H,16,17). The summed E-state index contributed by atoms with van der Waals surface area (Å²) in [7, 11) is 1.63. The average Bonchev–Trinajstić information content (AvgIpc) is 2.57. The fourth-order valence-corrected chi connectivity index (χ4v) is 1.74. The van der Waals surface area contributed by atoms with Gasteiger partial charge in [-0.3, -0.25) is 4.68 Å². The SMILES string of the molecule is Cc1c(-c2ccccc2F)c(C(=O)O)nn1C. The maximum Gasteiger partial charge on any atom is 0.357 e. The average molecular weight is 234 g/mol. The Balaban J connectivity index is 2.75. The first-order chi connectivity index (χ1) is 8.02. The van der Waals surface area contributed by atoms with Crippen LogP contribution in [0, 0.1) is 12.7 Å². The Morgan fingerprint density at radius 3 is 2.65 bits per heavy atom. The van der Waals surface area contributed by atoms with Crippen molar-refractivity contribution in [3.05, 3.63) is 41.5 Å². The van der Waals surface area contributed by atoms with Gasteiger partial charge < -0.3 is 5.11 Å². The Hall–Kier alpha value is -2.17. The van der Waals surface area contributed by atoms with Gasteiger partial charge in [0.1, 0.15) is 5.82 Å². The van der Waals surface area contributed by atoms with E-state index in [9.17, 15) is 9.18 Å². The van der Waals surface area contributed by atoms with E-state index >= 15 is 0 Å². The zero-order valence-electron chi connectivity index (χ0n) is 9.44. The van der Waals surface area contributed by atoms with Crippen molar-refractivity contribution in [1.29, 1.82) is 0 Å². The number of carboxylic acid groups (broad SMARTS) is 1. The van der Waals surface area contributed by atoms with Crippen molar-refractivity contribution in [3.63, 3.8) is 0 Å². The van der Waals surface area contributed by atoms with Crippen LogP contribution in [0.2, 0.25) is 0 Å². The highest BCUT2D eigenvalue weighted by molar-refractivity contribution is 5.94. The minimum atomic E-state index is -1.16. The van der Waals surface area contributed by atoms with E-state index in [1.807, 2.05) is 0 Å². The van der Waals surface area contributed by atoms with Gasteiger partial charge in [-0.2, -0.15) is 5.10 Å². The van der Waals surface area contributed by atoms with Crippen molar-refractivity contribution in [2.24, 2.45) is 7.05 Å². The van der Waals surface area contributed by atoms with E-state index in [0.717, 1.165) is 0 Å². The third-order valence-corrected chi connectivity index (χ3v) is 2.68. The van der Waals surface area contributed by atoms with Crippen LogP contribution in [-0.2, 0) is 7.05 Å². The van der Waals surface area contributed by atoms with Crippen molar-refractivity contribution in [2.45, 2.75) is 6.92 Å². The molecule has 1 aromatic heterocycles. The number of halogens is 1. The molecule has 0 aliphatic carbocycles. The molecular weight excluding hydrogens is 223 g/mol. The first kappa shape index (κ1) is 11.3. The zero-order valence-corrected chi connectivity index (χ0v) is 9.44. The first-order valence-corrected chi connectivity index (χ1v) is 5.04. The molecule has 0 fully saturated rings. The maximum atomic E-state index is 13.7. The second-order valence-corrected chi connectivity index (χ2v) is 3.72. The number of rotatable bonds is 2. The second-order valence-electron chi connectivity index (χ2n) is 3.72. The summed E-state index contributed by atoms with van der Waals surface area (Å²) in [4.78, 5) is 11.1. The van der Waals surface area contributed by atoms with Crippen molar-refractivity contribution in [3.8, 4) is 11.1 Å². The molecule has 0 atom stereocenters. The smallest absolute Gasteiger partial charge is 0.357 e. The molecule has 1 aromatic carbocycles. The lowest BCUT2D eigenvalue weighted by atomic mass is 10.0. The lowest BCUT2D eigenvalue weighted by molar-refractivity contribution is 0.0690. The molecule has 0 aliphatic rings. The van der Waals surface area contributed by atoms with Gasteiger partial charge in [0.25, 0.3) is 0 Å². The number of hydrogen-bond acceptors (Lipinski definition) is 2. The summed E-state index contributed by atoms with van der Waals surface area (Å²) in [6.07, 6.45) is 0. The van der Waals surface area contributed by atoms with Crippen LogP contribution in [0.4, 0.5) is 4.39 Å². The summed E-state index contributed by atoms with van der Waals surface area (Å²) < 4.78 is 15.1. The Morgan fingerprint density at radius 1 is 1.41 bits per heavy atom. The molecule has 1 N–H and O–H groups in total. The van der Waals surface area contributed by atoms with Gasteiger partial charge in [-0.05, 0) is 13.0 Å². The summed E-state index contributed by atoms with van der Waals surface area (Å²) in [5.41, 5.74) is 1.08. The Kier molecular flexibility index (Phi) is 2.67. The van der Waals surface area contributed by atoms with Crippen molar-refractivity contribution in [1.82, 2.24) is 9.78 Å². The number of benzene rings is 1. The van der Waals surface area contributed by atoms with Gasteiger partial charge in [-0.15, -0.1) is 0 Å². The van der Waals surface area contributed by atoms with E-state index in [-0.39, 0.29) is 11.3 Å². The minimum Gasteiger partial charge on any atom is -0.476 e. The van der Waals surface area contributed by atoms with Gasteiger partial charge in [-0.1, -0.05) is 18.2 Å². The summed E-state index contributed by atoms with van der Waals surface area (Å²) >= 11 is 0. The molecule has 2 aromatic rings. The van der Waals surface area contributed by atoms with Crippen LogP contribution in [-0.4, -0.2) is 20.9 Å². The molecule has 2 rings (SSSR count). The van der Waals surface area contributed by atoms with Crippen LogP contribution >= 0.6 is 0 Å². The molecule has 5 heteroatoms. The van der Waals surface area contributed by atoms with Crippen LogP contribution in [0.3, 0.4) is 0 Å². The van der Waals surface area contributed by atoms with E-state index < -0.39 is 11.8 Å². The summed E-state index contributed by atoms with van der Waals surface area (Å²) in [6.45, 7) is 1.71. The van der Waals surface area contributed by atoms with Crippen molar-refractivity contribution >= 4 is 5.97 Å². The molecule has 0 unspecified atom stereocenters. The molecule has 0 amide bonds. The van der Waals surface area contributed by atoms with Crippen LogP contribution in [0.5, 0.6) is 0 Å². The van der Waals surface area contributed by atoms with Gasteiger partial charge in [0.15, 0.2) is 5.69 Å². The molecule has 0 radical (unpaired) electrons. The second kappa shape index (κ2) is 4.01. The molecule has 4 nitrogen and oxygen atoms in total. The van der Waals surface area contributed by atoms with Crippen LogP contribution < -0.4 is 0 Å². The van der Waals surface area contributed by atoms with Gasteiger partial charge in [-0.25, -0.2) is 9.18 Å². The molecule has 0 aliphatic heterocycles. The molecule has 17 heavy (non-hydrogen) atoms. The third-order valence-electron chi connectivity index (χ3n) is 2.68. The van der Waals surface area contributed by atoms with Crippen LogP contribution in [0.15, 0.2) is 24.3 Å². The van der Waals surface area contributed by atoms with Gasteiger partial charge in [0.2, 0.25) is 0 Å². The van der Waals surface area contributed by atoms with Crippen molar-refractivity contribution in [2.75, 3.05) is 0 Å². The highest BCUT2D eigenvalue weighted by atomic mass is 19.1. The fraction of sp³-hybridized carbons (Fsp3) is 0.167. The number of aromatic carboxylic acids is 1. The van der Waals surface area contributed by atoms with Gasteiger partial charge in [0, 0.05) is 23.9 Å². The molecule has 0 bridgehead atoms. The van der Waals surface area contributed by atoms with E-state index in [0.29, 0.717) is 11.3 Å². The molecule has 88 valence electrons. The maximum absolute atomic E-state index is 13.7. The number of aromatic nitrogens is 2. The van der Waals surface area contributed by atoms with E-state index in [2.05, 4.69) is 5.10 Å². The summed E-state index contributed by atoms with van der Waals surface area (Å²) in [5.74, 6) is -1.61. The van der Waals surface area contributed by atoms with Gasteiger partial charge in [0.05, 0.1) is 0 Å². The number of carboxylic acids is 1. The number of hydrogen-bond donors (Lipinski definition) is 1. The van der Waals surface area contributed by atoms with Crippen LogP contribution in [0.1, 0.15) is 16.2 Å². The fourth-order valence-electron chi connectivity index (χ4n) is 1.74. The molecule has 0 saturated heterocycles. The number of nitrogens with zero attached hydrogens (tertiary/aromatic N) is 2. The van der Waals surface area contributed by atoms with Crippen molar-refractivity contribution < 1.29 is 14.3 Å². The summed E-state index contributed by atoms with van der Waals surface area (Å²) in [5, 5.41) is 12.9. The Morgan fingerprint density at radius 2 is 2.06 bits per heavy atom. The predicted octanol–water partition coefficient (Wildman–Crippen LogP) is 2.23. The monoisotopic (exact) mass is 234 g/mol. The molecule has 1 heterocycles. The van der Waals surface area contributed by atoms with Crippen LogP contribution in [0.25, 0.3) is 11.1 Å². The molecule has 0 saturated carbocycles. The highest BCUT2D eigenvalue weighted by Crippen LogP contribution is 2.28. The van der Waals surface area contributed by atoms with Gasteiger partial charge >= 0.3 is 5.97 Å². The minimum absolute atomic E-state index is 0.130. The highest BCUT2D eigenvalue weighted by Gasteiger charge is 2.22. The predicted molar refractivity (Wildman–Crippen MR) is 60.3 cm³/mol. The largest absolute Gasteiger partial charge is 0.476 e.